The number of anilines is 3. The van der Waals surface area contributed by atoms with Gasteiger partial charge in [0.2, 0.25) is 0 Å². The second-order valence-corrected chi connectivity index (χ2v) is 5.92. The van der Waals surface area contributed by atoms with Crippen LogP contribution in [0.5, 0.6) is 0 Å². The van der Waals surface area contributed by atoms with Crippen LogP contribution in [-0.2, 0) is 9.53 Å². The van der Waals surface area contributed by atoms with Crippen molar-refractivity contribution in [3.63, 3.8) is 0 Å². The predicted octanol–water partition coefficient (Wildman–Crippen LogP) is 3.68. The Morgan fingerprint density at radius 3 is 2.64 bits per heavy atom. The van der Waals surface area contributed by atoms with Crippen LogP contribution in [0.1, 0.15) is 12.5 Å². The Morgan fingerprint density at radius 1 is 1.20 bits per heavy atom. The molecule has 25 heavy (non-hydrogen) atoms. The van der Waals surface area contributed by atoms with Gasteiger partial charge in [0, 0.05) is 36.3 Å². The fourth-order valence-corrected chi connectivity index (χ4v) is 2.70. The molecule has 0 spiro atoms. The van der Waals surface area contributed by atoms with Gasteiger partial charge >= 0.3 is 0 Å². The molecule has 1 atom stereocenters. The van der Waals surface area contributed by atoms with Crippen LogP contribution >= 0.6 is 0 Å². The summed E-state index contributed by atoms with van der Waals surface area (Å²) in [5.74, 6) is -0.626. The summed E-state index contributed by atoms with van der Waals surface area (Å²) in [4.78, 5) is 12.0. The molecule has 6 heteroatoms. The summed E-state index contributed by atoms with van der Waals surface area (Å²) < 4.78 is 18.3. The summed E-state index contributed by atoms with van der Waals surface area (Å²) in [6.07, 6.45) is 1.63. The first-order chi connectivity index (χ1) is 12.1. The van der Waals surface area contributed by atoms with Gasteiger partial charge in [-0.3, -0.25) is 4.79 Å². The fourth-order valence-electron chi connectivity index (χ4n) is 2.70. The molecule has 1 heterocycles. The molecule has 5 nitrogen and oxygen atoms in total. The number of carbonyl (C=O) groups excluding carboxylic acids is 1. The summed E-state index contributed by atoms with van der Waals surface area (Å²) in [5, 5.41) is 9.09. The average Bonchev–Trinajstić information content (AvgIpc) is 2.88. The number of amides is 1. The number of nitrogens with one attached hydrogen (secondary N) is 3. The zero-order chi connectivity index (χ0) is 17.8. The van der Waals surface area contributed by atoms with E-state index in [0.29, 0.717) is 23.4 Å². The van der Waals surface area contributed by atoms with Crippen LogP contribution in [0.4, 0.5) is 21.5 Å². The van der Waals surface area contributed by atoms with Crippen LogP contribution in [0.25, 0.3) is 5.57 Å². The van der Waals surface area contributed by atoms with Crippen LogP contribution in [0, 0.1) is 5.82 Å². The van der Waals surface area contributed by atoms with Gasteiger partial charge in [-0.1, -0.05) is 0 Å². The van der Waals surface area contributed by atoms with Gasteiger partial charge in [-0.05, 0) is 49.4 Å². The minimum atomic E-state index is -0.376. The monoisotopic (exact) mass is 341 g/mol. The molecule has 0 saturated carbocycles. The second-order valence-electron chi connectivity index (χ2n) is 5.92. The van der Waals surface area contributed by atoms with Crippen molar-refractivity contribution in [2.24, 2.45) is 0 Å². The topological polar surface area (TPSA) is 62.4 Å². The van der Waals surface area contributed by atoms with E-state index in [1.54, 1.807) is 19.4 Å². The largest absolute Gasteiger partial charge is 0.383 e. The molecule has 3 rings (SSSR count). The van der Waals surface area contributed by atoms with E-state index in [-0.39, 0.29) is 17.8 Å². The normalized spacial score (nSPS) is 15.6. The van der Waals surface area contributed by atoms with Gasteiger partial charge < -0.3 is 20.7 Å². The van der Waals surface area contributed by atoms with Gasteiger partial charge in [0.05, 0.1) is 17.9 Å². The van der Waals surface area contributed by atoms with E-state index in [0.717, 1.165) is 11.4 Å². The number of halogens is 1. The first-order valence-electron chi connectivity index (χ1n) is 8.00. The van der Waals surface area contributed by atoms with Crippen molar-refractivity contribution in [2.45, 2.75) is 13.0 Å². The number of methoxy groups -OCH3 is 1. The quantitative estimate of drug-likeness (QED) is 0.702. The van der Waals surface area contributed by atoms with Gasteiger partial charge in [-0.2, -0.15) is 0 Å². The number of ether oxygens (including phenoxy) is 1. The van der Waals surface area contributed by atoms with Crippen LogP contribution in [0.15, 0.2) is 48.7 Å². The third-order valence-electron chi connectivity index (χ3n) is 3.86. The number of fused-ring (bicyclic) bond motifs is 1. The van der Waals surface area contributed by atoms with Crippen molar-refractivity contribution >= 4 is 28.5 Å². The summed E-state index contributed by atoms with van der Waals surface area (Å²) in [6, 6.07) is 12.2. The molecule has 1 aliphatic rings. The molecule has 0 fully saturated rings. The van der Waals surface area contributed by atoms with Crippen molar-refractivity contribution in [2.75, 3.05) is 29.7 Å². The molecular weight excluding hydrogens is 321 g/mol. The second kappa shape index (κ2) is 7.36. The Labute approximate surface area is 145 Å². The highest BCUT2D eigenvalue weighted by Gasteiger charge is 2.24. The zero-order valence-electron chi connectivity index (χ0n) is 14.1. The lowest BCUT2D eigenvalue weighted by Gasteiger charge is -2.14. The molecule has 0 saturated heterocycles. The lowest BCUT2D eigenvalue weighted by molar-refractivity contribution is -0.110. The first kappa shape index (κ1) is 17.0. The van der Waals surface area contributed by atoms with Gasteiger partial charge in [0.25, 0.3) is 5.91 Å². The van der Waals surface area contributed by atoms with E-state index >= 15 is 0 Å². The number of hydrogen-bond donors (Lipinski definition) is 3. The van der Waals surface area contributed by atoms with Crippen molar-refractivity contribution in [3.05, 3.63) is 60.0 Å². The standard InChI is InChI=1S/C19H20FN3O2/c1-12(11-25-2)22-15-6-4-14(5-7-15)21-10-17-16-8-3-13(20)9-18(16)23-19(17)24/h3-10,12,21-22H,11H2,1-2H3,(H,23,24). The maximum absolute atomic E-state index is 13.2. The Kier molecular flexibility index (Phi) is 5.00. The average molecular weight is 341 g/mol. The SMILES string of the molecule is COCC(C)Nc1ccc(NC=C2C(=O)Nc3cc(F)ccc32)cc1. The van der Waals surface area contributed by atoms with E-state index in [9.17, 15) is 9.18 Å². The number of benzene rings is 2. The molecule has 1 amide bonds. The van der Waals surface area contributed by atoms with E-state index < -0.39 is 0 Å². The van der Waals surface area contributed by atoms with Crippen LogP contribution in [0.2, 0.25) is 0 Å². The molecule has 1 unspecified atom stereocenters. The molecule has 0 aromatic heterocycles. The predicted molar refractivity (Wildman–Crippen MR) is 98.0 cm³/mol. The van der Waals surface area contributed by atoms with Gasteiger partial charge in [0.15, 0.2) is 0 Å². The highest BCUT2D eigenvalue weighted by Crippen LogP contribution is 2.32. The van der Waals surface area contributed by atoms with E-state index in [4.69, 9.17) is 4.74 Å². The number of hydrogen-bond acceptors (Lipinski definition) is 4. The van der Waals surface area contributed by atoms with Crippen LogP contribution < -0.4 is 16.0 Å². The molecular formula is C19H20FN3O2. The summed E-state index contributed by atoms with van der Waals surface area (Å²) in [5.41, 5.74) is 3.49. The lowest BCUT2D eigenvalue weighted by Crippen LogP contribution is -2.20. The van der Waals surface area contributed by atoms with E-state index in [1.165, 1.54) is 12.1 Å². The zero-order valence-corrected chi connectivity index (χ0v) is 14.1. The summed E-state index contributed by atoms with van der Waals surface area (Å²) in [6.45, 7) is 2.67. The van der Waals surface area contributed by atoms with E-state index in [2.05, 4.69) is 16.0 Å². The molecule has 3 N–H and O–H groups in total. The summed E-state index contributed by atoms with van der Waals surface area (Å²) in [7, 11) is 1.67. The summed E-state index contributed by atoms with van der Waals surface area (Å²) >= 11 is 0. The maximum Gasteiger partial charge on any atom is 0.257 e. The van der Waals surface area contributed by atoms with Gasteiger partial charge in [0.1, 0.15) is 5.82 Å². The van der Waals surface area contributed by atoms with E-state index in [1.807, 2.05) is 31.2 Å². The number of carbonyl (C=O) groups is 1. The lowest BCUT2D eigenvalue weighted by atomic mass is 10.1. The molecule has 130 valence electrons. The Hall–Kier alpha value is -2.86. The maximum atomic E-state index is 13.2. The molecule has 2 aromatic rings. The molecule has 0 bridgehead atoms. The number of rotatable bonds is 6. The van der Waals surface area contributed by atoms with Crippen molar-refractivity contribution < 1.29 is 13.9 Å². The minimum absolute atomic E-state index is 0.213. The highest BCUT2D eigenvalue weighted by atomic mass is 19.1. The van der Waals surface area contributed by atoms with Gasteiger partial charge in [-0.25, -0.2) is 4.39 Å². The Bertz CT molecular complexity index is 803. The molecule has 0 aliphatic carbocycles. The van der Waals surface area contributed by atoms with Gasteiger partial charge in [-0.15, -0.1) is 0 Å². The third-order valence-corrected chi connectivity index (χ3v) is 3.86. The van der Waals surface area contributed by atoms with Crippen molar-refractivity contribution in [1.82, 2.24) is 0 Å². The van der Waals surface area contributed by atoms with Crippen molar-refractivity contribution in [3.8, 4) is 0 Å². The van der Waals surface area contributed by atoms with Crippen LogP contribution in [-0.4, -0.2) is 25.7 Å². The van der Waals surface area contributed by atoms with Crippen LogP contribution in [0.3, 0.4) is 0 Å². The fraction of sp³-hybridized carbons (Fsp3) is 0.211. The molecule has 1 aliphatic heterocycles. The third kappa shape index (κ3) is 3.97. The van der Waals surface area contributed by atoms with Crippen molar-refractivity contribution in [1.29, 1.82) is 0 Å². The first-order valence-corrected chi connectivity index (χ1v) is 8.00. The minimum Gasteiger partial charge on any atom is -0.383 e. The molecule has 0 radical (unpaired) electrons. The Balaban J connectivity index is 1.69. The Morgan fingerprint density at radius 2 is 1.92 bits per heavy atom. The molecule has 2 aromatic carbocycles. The highest BCUT2D eigenvalue weighted by molar-refractivity contribution is 6.31. The smallest absolute Gasteiger partial charge is 0.257 e.